The Hall–Kier alpha value is -2.64. The number of ether oxygens (including phenoxy) is 1. The number of pyridine rings is 2. The Bertz CT molecular complexity index is 716. The van der Waals surface area contributed by atoms with Gasteiger partial charge in [-0.3, -0.25) is 9.78 Å². The van der Waals surface area contributed by atoms with Gasteiger partial charge in [0.25, 0.3) is 5.91 Å². The molecule has 0 radical (unpaired) electrons. The summed E-state index contributed by atoms with van der Waals surface area (Å²) in [5.41, 5.74) is 1.23. The fourth-order valence-electron chi connectivity index (χ4n) is 2.36. The zero-order valence-electron chi connectivity index (χ0n) is 13.2. The molecule has 25 heavy (non-hydrogen) atoms. The number of nitrogens with zero attached hydrogens (tertiary/aromatic N) is 3. The molecular formula is C17H16F3N3O2. The van der Waals surface area contributed by atoms with Gasteiger partial charge in [0.2, 0.25) is 5.88 Å². The summed E-state index contributed by atoms with van der Waals surface area (Å²) in [4.78, 5) is 22.3. The van der Waals surface area contributed by atoms with Crippen LogP contribution in [0.3, 0.4) is 0 Å². The van der Waals surface area contributed by atoms with Crippen molar-refractivity contribution in [2.75, 3.05) is 6.61 Å². The molecule has 132 valence electrons. The molecule has 3 rings (SSSR count). The smallest absolute Gasteiger partial charge is 0.422 e. The highest BCUT2D eigenvalue weighted by Crippen LogP contribution is 2.30. The van der Waals surface area contributed by atoms with Gasteiger partial charge < -0.3 is 9.64 Å². The molecule has 1 amide bonds. The molecule has 2 aromatic heterocycles. The molecule has 8 heteroatoms. The van der Waals surface area contributed by atoms with Crippen molar-refractivity contribution in [1.29, 1.82) is 0 Å². The number of hydrogen-bond donors (Lipinski definition) is 0. The van der Waals surface area contributed by atoms with Gasteiger partial charge in [-0.2, -0.15) is 13.2 Å². The second kappa shape index (κ2) is 7.08. The fourth-order valence-corrected chi connectivity index (χ4v) is 2.36. The number of alkyl halides is 3. The first-order valence-electron chi connectivity index (χ1n) is 7.78. The first-order chi connectivity index (χ1) is 11.9. The van der Waals surface area contributed by atoms with Gasteiger partial charge in [-0.25, -0.2) is 4.98 Å². The summed E-state index contributed by atoms with van der Waals surface area (Å²) in [5.74, 6) is -0.375. The predicted molar refractivity (Wildman–Crippen MR) is 82.9 cm³/mol. The Morgan fingerprint density at radius 3 is 2.60 bits per heavy atom. The molecular weight excluding hydrogens is 335 g/mol. The van der Waals surface area contributed by atoms with E-state index in [9.17, 15) is 18.0 Å². The molecule has 2 aromatic rings. The molecule has 1 aliphatic rings. The summed E-state index contributed by atoms with van der Waals surface area (Å²) < 4.78 is 41.0. The number of aromatic nitrogens is 2. The van der Waals surface area contributed by atoms with E-state index in [4.69, 9.17) is 0 Å². The third kappa shape index (κ3) is 4.91. The van der Waals surface area contributed by atoms with E-state index in [0.29, 0.717) is 12.1 Å². The van der Waals surface area contributed by atoms with Crippen LogP contribution < -0.4 is 4.74 Å². The zero-order chi connectivity index (χ0) is 17.9. The number of carbonyl (C=O) groups excluding carboxylic acids is 1. The zero-order valence-corrected chi connectivity index (χ0v) is 13.2. The Labute approximate surface area is 142 Å². The van der Waals surface area contributed by atoms with Crippen molar-refractivity contribution in [2.45, 2.75) is 31.6 Å². The van der Waals surface area contributed by atoms with Crippen LogP contribution in [0, 0.1) is 0 Å². The largest absolute Gasteiger partial charge is 0.468 e. The molecule has 0 aromatic carbocycles. The SMILES string of the molecule is O=C(c1ccc(OCC(F)(F)F)nc1)N(Cc1cccnc1)C1CC1. The molecule has 2 heterocycles. The quantitative estimate of drug-likeness (QED) is 0.802. The van der Waals surface area contributed by atoms with Gasteiger partial charge in [-0.15, -0.1) is 0 Å². The normalized spacial score (nSPS) is 14.2. The van der Waals surface area contributed by atoms with Gasteiger partial charge in [0.1, 0.15) is 0 Å². The second-order valence-electron chi connectivity index (χ2n) is 5.81. The molecule has 5 nitrogen and oxygen atoms in total. The van der Waals surface area contributed by atoms with Gasteiger partial charge >= 0.3 is 6.18 Å². The number of hydrogen-bond acceptors (Lipinski definition) is 4. The van der Waals surface area contributed by atoms with Crippen LogP contribution in [0.2, 0.25) is 0 Å². The van der Waals surface area contributed by atoms with Crippen molar-refractivity contribution >= 4 is 5.91 Å². The van der Waals surface area contributed by atoms with E-state index in [1.807, 2.05) is 6.07 Å². The summed E-state index contributed by atoms with van der Waals surface area (Å²) in [7, 11) is 0. The number of rotatable bonds is 6. The van der Waals surface area contributed by atoms with Crippen LogP contribution in [0.4, 0.5) is 13.2 Å². The van der Waals surface area contributed by atoms with Crippen LogP contribution in [-0.4, -0.2) is 39.6 Å². The first kappa shape index (κ1) is 17.2. The van der Waals surface area contributed by atoms with Gasteiger partial charge in [-0.05, 0) is 30.5 Å². The average Bonchev–Trinajstić information content (AvgIpc) is 3.43. The van der Waals surface area contributed by atoms with Gasteiger partial charge in [0, 0.05) is 37.2 Å². The Balaban J connectivity index is 1.68. The highest BCUT2D eigenvalue weighted by Gasteiger charge is 2.33. The molecule has 0 atom stereocenters. The number of halogens is 3. The van der Waals surface area contributed by atoms with Crippen LogP contribution in [0.25, 0.3) is 0 Å². The third-order valence-electron chi connectivity index (χ3n) is 3.69. The molecule has 0 N–H and O–H groups in total. The van der Waals surface area contributed by atoms with E-state index in [1.54, 1.807) is 23.4 Å². The van der Waals surface area contributed by atoms with E-state index in [0.717, 1.165) is 18.4 Å². The minimum absolute atomic E-state index is 0.167. The lowest BCUT2D eigenvalue weighted by Gasteiger charge is -2.22. The highest BCUT2D eigenvalue weighted by molar-refractivity contribution is 5.94. The van der Waals surface area contributed by atoms with Crippen LogP contribution >= 0.6 is 0 Å². The Kier molecular flexibility index (Phi) is 4.87. The minimum atomic E-state index is -4.43. The van der Waals surface area contributed by atoms with Crippen molar-refractivity contribution in [3.05, 3.63) is 54.0 Å². The first-order valence-corrected chi connectivity index (χ1v) is 7.78. The van der Waals surface area contributed by atoms with Crippen molar-refractivity contribution in [3.63, 3.8) is 0 Å². The Morgan fingerprint density at radius 2 is 2.04 bits per heavy atom. The van der Waals surface area contributed by atoms with Crippen LogP contribution in [0.1, 0.15) is 28.8 Å². The molecule has 0 spiro atoms. The van der Waals surface area contributed by atoms with Crippen molar-refractivity contribution in [3.8, 4) is 5.88 Å². The predicted octanol–water partition coefficient (Wildman–Crippen LogP) is 3.22. The maximum absolute atomic E-state index is 12.7. The fraction of sp³-hybridized carbons (Fsp3) is 0.353. The molecule has 1 aliphatic carbocycles. The highest BCUT2D eigenvalue weighted by atomic mass is 19.4. The summed E-state index contributed by atoms with van der Waals surface area (Å²) >= 11 is 0. The van der Waals surface area contributed by atoms with E-state index in [1.165, 1.54) is 18.3 Å². The standard InChI is InChI=1S/C17H16F3N3O2/c18-17(19,20)11-25-15-6-3-13(9-22-15)16(24)23(14-4-5-14)10-12-2-1-7-21-8-12/h1-3,6-9,14H,4-5,10-11H2. The van der Waals surface area contributed by atoms with E-state index < -0.39 is 12.8 Å². The van der Waals surface area contributed by atoms with E-state index in [-0.39, 0.29) is 17.8 Å². The van der Waals surface area contributed by atoms with Crippen LogP contribution in [-0.2, 0) is 6.54 Å². The lowest BCUT2D eigenvalue weighted by atomic mass is 10.2. The van der Waals surface area contributed by atoms with Gasteiger partial charge in [-0.1, -0.05) is 6.07 Å². The van der Waals surface area contributed by atoms with E-state index in [2.05, 4.69) is 14.7 Å². The van der Waals surface area contributed by atoms with E-state index >= 15 is 0 Å². The maximum Gasteiger partial charge on any atom is 0.422 e. The van der Waals surface area contributed by atoms with Gasteiger partial charge in [0.15, 0.2) is 6.61 Å². The minimum Gasteiger partial charge on any atom is -0.468 e. The van der Waals surface area contributed by atoms with Gasteiger partial charge in [0.05, 0.1) is 5.56 Å². The second-order valence-corrected chi connectivity index (χ2v) is 5.81. The third-order valence-corrected chi connectivity index (χ3v) is 3.69. The summed E-state index contributed by atoms with van der Waals surface area (Å²) in [6.45, 7) is -0.980. The van der Waals surface area contributed by atoms with Crippen molar-refractivity contribution in [1.82, 2.24) is 14.9 Å². The summed E-state index contributed by atoms with van der Waals surface area (Å²) in [6.07, 6.45) is 2.05. The van der Waals surface area contributed by atoms with Crippen molar-refractivity contribution < 1.29 is 22.7 Å². The summed E-state index contributed by atoms with van der Waals surface area (Å²) in [5, 5.41) is 0. The average molecular weight is 351 g/mol. The molecule has 0 saturated heterocycles. The Morgan fingerprint density at radius 1 is 1.24 bits per heavy atom. The summed E-state index contributed by atoms with van der Waals surface area (Å²) in [6, 6.07) is 6.57. The number of carbonyl (C=O) groups is 1. The topological polar surface area (TPSA) is 55.3 Å². The van der Waals surface area contributed by atoms with Crippen LogP contribution in [0.15, 0.2) is 42.9 Å². The molecule has 1 fully saturated rings. The van der Waals surface area contributed by atoms with Crippen molar-refractivity contribution in [2.24, 2.45) is 0 Å². The van der Waals surface area contributed by atoms with Crippen LogP contribution in [0.5, 0.6) is 5.88 Å². The monoisotopic (exact) mass is 351 g/mol. The molecule has 0 bridgehead atoms. The number of amides is 1. The molecule has 0 unspecified atom stereocenters. The maximum atomic E-state index is 12.7. The lowest BCUT2D eigenvalue weighted by molar-refractivity contribution is -0.154. The lowest BCUT2D eigenvalue weighted by Crippen LogP contribution is -2.32. The molecule has 1 saturated carbocycles. The molecule has 0 aliphatic heterocycles.